The molecule has 1 aliphatic rings. The van der Waals surface area contributed by atoms with Gasteiger partial charge in [-0.2, -0.15) is 12.6 Å². The highest BCUT2D eigenvalue weighted by Gasteiger charge is 2.22. The van der Waals surface area contributed by atoms with Crippen LogP contribution < -0.4 is 9.47 Å². The number of benzene rings is 2. The van der Waals surface area contributed by atoms with E-state index < -0.39 is 0 Å². The smallest absolute Gasteiger partial charge is 0.231 e. The number of hydrogen-bond acceptors (Lipinski definition) is 3. The van der Waals surface area contributed by atoms with Crippen LogP contribution in [0, 0.1) is 0 Å². The van der Waals surface area contributed by atoms with Crippen molar-refractivity contribution in [1.82, 2.24) is 0 Å². The Labute approximate surface area is 125 Å². The molecule has 3 heteroatoms. The predicted octanol–water partition coefficient (Wildman–Crippen LogP) is 4.56. The van der Waals surface area contributed by atoms with E-state index in [0.717, 1.165) is 11.5 Å². The molecule has 1 aliphatic heterocycles. The molecule has 2 aromatic carbocycles. The maximum Gasteiger partial charge on any atom is 0.231 e. The summed E-state index contributed by atoms with van der Waals surface area (Å²) in [5.74, 6) is 2.07. The summed E-state index contributed by atoms with van der Waals surface area (Å²) in [6.07, 6.45) is 0. The average molecular weight is 286 g/mol. The van der Waals surface area contributed by atoms with Gasteiger partial charge in [0.2, 0.25) is 6.79 Å². The van der Waals surface area contributed by atoms with Gasteiger partial charge in [0.25, 0.3) is 0 Å². The number of hydrogen-bond donors (Lipinski definition) is 1. The summed E-state index contributed by atoms with van der Waals surface area (Å²) in [4.78, 5) is 0. The van der Waals surface area contributed by atoms with Crippen LogP contribution in [0.15, 0.2) is 42.5 Å². The number of thiol groups is 1. The third-order valence-electron chi connectivity index (χ3n) is 3.61. The van der Waals surface area contributed by atoms with Crippen LogP contribution in [-0.2, 0) is 0 Å². The van der Waals surface area contributed by atoms with Crippen LogP contribution in [0.3, 0.4) is 0 Å². The van der Waals surface area contributed by atoms with Crippen LogP contribution in [0.25, 0.3) is 0 Å². The first kappa shape index (κ1) is 13.4. The van der Waals surface area contributed by atoms with E-state index in [2.05, 4.69) is 38.1 Å². The zero-order valence-corrected chi connectivity index (χ0v) is 12.6. The Morgan fingerprint density at radius 1 is 0.950 bits per heavy atom. The molecule has 3 rings (SSSR count). The quantitative estimate of drug-likeness (QED) is 0.834. The Balaban J connectivity index is 2.08. The summed E-state index contributed by atoms with van der Waals surface area (Å²) in [6.45, 7) is 4.68. The van der Waals surface area contributed by atoms with E-state index in [1.807, 2.05) is 18.2 Å². The topological polar surface area (TPSA) is 18.5 Å². The monoisotopic (exact) mass is 286 g/mol. The van der Waals surface area contributed by atoms with Gasteiger partial charge in [-0.3, -0.25) is 0 Å². The first-order valence-electron chi connectivity index (χ1n) is 6.83. The fourth-order valence-electron chi connectivity index (χ4n) is 2.53. The second kappa shape index (κ2) is 5.41. The minimum atomic E-state index is 0.0445. The fourth-order valence-corrected chi connectivity index (χ4v) is 2.92. The lowest BCUT2D eigenvalue weighted by Crippen LogP contribution is -2.01. The van der Waals surface area contributed by atoms with Crippen molar-refractivity contribution in [3.8, 4) is 11.5 Å². The van der Waals surface area contributed by atoms with Gasteiger partial charge in [-0.15, -0.1) is 0 Å². The molecular weight excluding hydrogens is 268 g/mol. The molecule has 0 aliphatic carbocycles. The van der Waals surface area contributed by atoms with Gasteiger partial charge in [0.05, 0.1) is 5.25 Å². The summed E-state index contributed by atoms with van der Waals surface area (Å²) in [5, 5.41) is 0.0445. The molecule has 20 heavy (non-hydrogen) atoms. The van der Waals surface area contributed by atoms with E-state index in [1.165, 1.54) is 16.7 Å². The van der Waals surface area contributed by atoms with Crippen molar-refractivity contribution in [1.29, 1.82) is 0 Å². The maximum atomic E-state index is 5.50. The minimum Gasteiger partial charge on any atom is -0.454 e. The van der Waals surface area contributed by atoms with Crippen molar-refractivity contribution in [2.24, 2.45) is 0 Å². The van der Waals surface area contributed by atoms with E-state index in [0.29, 0.717) is 12.7 Å². The van der Waals surface area contributed by atoms with E-state index in [4.69, 9.17) is 22.1 Å². The van der Waals surface area contributed by atoms with Crippen molar-refractivity contribution in [2.45, 2.75) is 25.0 Å². The molecule has 1 unspecified atom stereocenters. The van der Waals surface area contributed by atoms with Gasteiger partial charge in [-0.1, -0.05) is 44.2 Å². The Morgan fingerprint density at radius 2 is 1.55 bits per heavy atom. The molecule has 0 fully saturated rings. The Morgan fingerprint density at radius 3 is 2.15 bits per heavy atom. The summed E-state index contributed by atoms with van der Waals surface area (Å²) >= 11 is 4.82. The van der Waals surface area contributed by atoms with Gasteiger partial charge < -0.3 is 9.47 Å². The highest BCUT2D eigenvalue weighted by atomic mass is 32.1. The fraction of sp³-hybridized carbons (Fsp3) is 0.294. The lowest BCUT2D eigenvalue weighted by Gasteiger charge is -2.19. The van der Waals surface area contributed by atoms with E-state index in [9.17, 15) is 0 Å². The molecule has 104 valence electrons. The van der Waals surface area contributed by atoms with Gasteiger partial charge in [-0.25, -0.2) is 0 Å². The zero-order chi connectivity index (χ0) is 14.1. The summed E-state index contributed by atoms with van der Waals surface area (Å²) in [6, 6.07) is 14.5. The first-order valence-corrected chi connectivity index (χ1v) is 7.35. The van der Waals surface area contributed by atoms with Crippen molar-refractivity contribution in [3.63, 3.8) is 0 Å². The second-order valence-electron chi connectivity index (χ2n) is 5.30. The molecule has 2 aromatic rings. The molecule has 0 spiro atoms. The van der Waals surface area contributed by atoms with Crippen LogP contribution in [-0.4, -0.2) is 6.79 Å². The standard InChI is InChI=1S/C17H18O2S/c1-11(2)13-8-15-16(19-10-18-15)9-14(13)17(20)12-6-4-3-5-7-12/h3-9,11,17,20H,10H2,1-2H3. The molecule has 1 atom stereocenters. The highest BCUT2D eigenvalue weighted by molar-refractivity contribution is 7.80. The molecule has 0 radical (unpaired) electrons. The maximum absolute atomic E-state index is 5.50. The second-order valence-corrected chi connectivity index (χ2v) is 5.82. The lowest BCUT2D eigenvalue weighted by molar-refractivity contribution is 0.174. The summed E-state index contributed by atoms with van der Waals surface area (Å²) in [7, 11) is 0. The third kappa shape index (κ3) is 2.38. The van der Waals surface area contributed by atoms with Gasteiger partial charge in [-0.05, 0) is 34.7 Å². The Bertz CT molecular complexity index is 608. The number of ether oxygens (including phenoxy) is 2. The molecule has 0 saturated carbocycles. The Hall–Kier alpha value is -1.61. The average Bonchev–Trinajstić information content (AvgIpc) is 2.93. The molecule has 0 N–H and O–H groups in total. The summed E-state index contributed by atoms with van der Waals surface area (Å²) in [5.41, 5.74) is 3.65. The predicted molar refractivity (Wildman–Crippen MR) is 83.9 cm³/mol. The van der Waals surface area contributed by atoms with Gasteiger partial charge in [0.1, 0.15) is 0 Å². The summed E-state index contributed by atoms with van der Waals surface area (Å²) < 4.78 is 11.0. The van der Waals surface area contributed by atoms with Crippen LogP contribution in [0.1, 0.15) is 41.7 Å². The molecule has 0 bridgehead atoms. The SMILES string of the molecule is CC(C)c1cc2c(cc1C(S)c1ccccc1)OCO2. The van der Waals surface area contributed by atoms with Crippen LogP contribution in [0.2, 0.25) is 0 Å². The van der Waals surface area contributed by atoms with Gasteiger partial charge in [0.15, 0.2) is 11.5 Å². The molecular formula is C17H18O2S. The van der Waals surface area contributed by atoms with Gasteiger partial charge in [0, 0.05) is 0 Å². The molecule has 0 aromatic heterocycles. The largest absolute Gasteiger partial charge is 0.454 e. The van der Waals surface area contributed by atoms with E-state index in [1.54, 1.807) is 0 Å². The van der Waals surface area contributed by atoms with Crippen LogP contribution in [0.5, 0.6) is 11.5 Å². The third-order valence-corrected chi connectivity index (χ3v) is 4.19. The first-order chi connectivity index (χ1) is 9.66. The van der Waals surface area contributed by atoms with Crippen molar-refractivity contribution >= 4 is 12.6 Å². The van der Waals surface area contributed by atoms with Crippen molar-refractivity contribution in [2.75, 3.05) is 6.79 Å². The Kier molecular flexibility index (Phi) is 3.62. The zero-order valence-electron chi connectivity index (χ0n) is 11.7. The van der Waals surface area contributed by atoms with E-state index >= 15 is 0 Å². The normalized spacial score (nSPS) is 14.6. The van der Waals surface area contributed by atoms with Crippen molar-refractivity contribution in [3.05, 3.63) is 59.2 Å². The number of rotatable bonds is 3. The van der Waals surface area contributed by atoms with Crippen molar-refractivity contribution < 1.29 is 9.47 Å². The lowest BCUT2D eigenvalue weighted by atomic mass is 9.92. The van der Waals surface area contributed by atoms with Crippen LogP contribution in [0.4, 0.5) is 0 Å². The molecule has 1 heterocycles. The van der Waals surface area contributed by atoms with E-state index in [-0.39, 0.29) is 5.25 Å². The molecule has 2 nitrogen and oxygen atoms in total. The van der Waals surface area contributed by atoms with Crippen LogP contribution >= 0.6 is 12.6 Å². The molecule has 0 amide bonds. The minimum absolute atomic E-state index is 0.0445. The number of fused-ring (bicyclic) bond motifs is 1. The van der Waals surface area contributed by atoms with Gasteiger partial charge >= 0.3 is 0 Å². The molecule has 0 saturated heterocycles. The highest BCUT2D eigenvalue weighted by Crippen LogP contribution is 2.42.